The molecule has 4 rings (SSSR count). The molecule has 3 aromatic carbocycles. The van der Waals surface area contributed by atoms with Crippen LogP contribution >= 0.6 is 0 Å². The number of hydrogen-bond acceptors (Lipinski definition) is 6. The molecule has 1 saturated heterocycles. The first-order valence-electron chi connectivity index (χ1n) is 13.5. The second kappa shape index (κ2) is 14.7. The lowest BCUT2D eigenvalue weighted by Crippen LogP contribution is -2.49. The number of halogens is 3. The van der Waals surface area contributed by atoms with Gasteiger partial charge in [0.25, 0.3) is 6.43 Å². The van der Waals surface area contributed by atoms with Crippen molar-refractivity contribution in [2.45, 2.75) is 38.0 Å². The van der Waals surface area contributed by atoms with Crippen molar-refractivity contribution in [2.75, 3.05) is 38.6 Å². The number of para-hydroxylation sites is 1. The van der Waals surface area contributed by atoms with E-state index in [1.54, 1.807) is 36.4 Å². The van der Waals surface area contributed by atoms with Gasteiger partial charge in [-0.25, -0.2) is 18.0 Å². The molecule has 1 N–H and O–H groups in total. The summed E-state index contributed by atoms with van der Waals surface area (Å²) in [5.41, 5.74) is 2.02. The summed E-state index contributed by atoms with van der Waals surface area (Å²) in [7, 11) is 1.33. The Hall–Kier alpha value is -3.89. The van der Waals surface area contributed by atoms with Crippen LogP contribution in [0.5, 0.6) is 11.5 Å². The van der Waals surface area contributed by atoms with E-state index in [-0.39, 0.29) is 12.6 Å². The highest BCUT2D eigenvalue weighted by molar-refractivity contribution is 5.92. The molecule has 0 aliphatic carbocycles. The van der Waals surface area contributed by atoms with Crippen molar-refractivity contribution < 1.29 is 32.2 Å². The fourth-order valence-corrected chi connectivity index (χ4v) is 4.83. The minimum atomic E-state index is -3.12. The first-order valence-corrected chi connectivity index (χ1v) is 13.5. The molecule has 0 aromatic heterocycles. The molecule has 41 heavy (non-hydrogen) atoms. The Labute approximate surface area is 237 Å². The van der Waals surface area contributed by atoms with Crippen LogP contribution in [0.2, 0.25) is 0 Å². The number of hydrogen-bond donors (Lipinski definition) is 1. The monoisotopic (exact) mass is 569 g/mol. The van der Waals surface area contributed by atoms with Crippen LogP contribution in [0.3, 0.4) is 0 Å². The third kappa shape index (κ3) is 9.06. The average molecular weight is 570 g/mol. The molecule has 1 unspecified atom stereocenters. The minimum absolute atomic E-state index is 0.199. The molecule has 0 spiro atoms. The first-order chi connectivity index (χ1) is 19.8. The molecular formula is C31H34F3N3O4. The fraction of sp³-hybridized carbons (Fsp3) is 0.355. The number of carbonyl (C=O) groups is 2. The lowest BCUT2D eigenvalue weighted by Gasteiger charge is -2.38. The lowest BCUT2D eigenvalue weighted by atomic mass is 10.0. The van der Waals surface area contributed by atoms with Crippen LogP contribution in [0.15, 0.2) is 78.9 Å². The molecule has 3 aromatic rings. The number of alkyl halides is 3. The zero-order valence-electron chi connectivity index (χ0n) is 22.8. The highest BCUT2D eigenvalue weighted by Crippen LogP contribution is 2.24. The second-order valence-corrected chi connectivity index (χ2v) is 9.96. The SMILES string of the molecule is COC(=O)c1ccc(CN2CCC(N(CC(=O)Nc3ccc(Oc4ccccc4)cc3)CC(F)C(F)F)CC2)cc1. The largest absolute Gasteiger partial charge is 0.465 e. The van der Waals surface area contributed by atoms with Gasteiger partial charge in [-0.2, -0.15) is 0 Å². The summed E-state index contributed by atoms with van der Waals surface area (Å²) in [5, 5.41) is 2.77. The van der Waals surface area contributed by atoms with Gasteiger partial charge in [0, 0.05) is 24.8 Å². The molecule has 1 heterocycles. The number of esters is 1. The number of benzene rings is 3. The predicted octanol–water partition coefficient (Wildman–Crippen LogP) is 5.77. The van der Waals surface area contributed by atoms with Crippen LogP contribution in [0, 0.1) is 0 Å². The Morgan fingerprint density at radius 2 is 1.56 bits per heavy atom. The Morgan fingerprint density at radius 3 is 2.17 bits per heavy atom. The predicted molar refractivity (Wildman–Crippen MR) is 150 cm³/mol. The summed E-state index contributed by atoms with van der Waals surface area (Å²) in [6.07, 6.45) is -4.25. The maximum absolute atomic E-state index is 14.1. The number of anilines is 1. The first kappa shape index (κ1) is 30.1. The molecule has 10 heteroatoms. The molecule has 1 aliphatic rings. The molecule has 0 saturated carbocycles. The molecule has 218 valence electrons. The molecule has 1 atom stereocenters. The molecule has 1 amide bonds. The number of carbonyl (C=O) groups excluding carboxylic acids is 2. The van der Waals surface area contributed by atoms with E-state index in [2.05, 4.69) is 10.2 Å². The zero-order chi connectivity index (χ0) is 29.2. The molecule has 1 aliphatic heterocycles. The number of amides is 1. The fourth-order valence-electron chi connectivity index (χ4n) is 4.83. The normalized spacial score (nSPS) is 15.1. The van der Waals surface area contributed by atoms with Crippen LogP contribution in [-0.2, 0) is 16.1 Å². The van der Waals surface area contributed by atoms with Gasteiger partial charge in [0.2, 0.25) is 5.91 Å². The van der Waals surface area contributed by atoms with Crippen molar-refractivity contribution in [1.82, 2.24) is 9.80 Å². The highest BCUT2D eigenvalue weighted by atomic mass is 19.3. The van der Waals surface area contributed by atoms with Gasteiger partial charge in [-0.3, -0.25) is 14.6 Å². The van der Waals surface area contributed by atoms with E-state index in [0.29, 0.717) is 55.2 Å². The summed E-state index contributed by atoms with van der Waals surface area (Å²) in [4.78, 5) is 28.2. The van der Waals surface area contributed by atoms with Crippen molar-refractivity contribution in [3.63, 3.8) is 0 Å². The zero-order valence-corrected chi connectivity index (χ0v) is 22.8. The van der Waals surface area contributed by atoms with Crippen molar-refractivity contribution >= 4 is 17.6 Å². The summed E-state index contributed by atoms with van der Waals surface area (Å²) in [6.45, 7) is 1.26. The maximum atomic E-state index is 14.1. The number of nitrogens with one attached hydrogen (secondary N) is 1. The maximum Gasteiger partial charge on any atom is 0.337 e. The van der Waals surface area contributed by atoms with Crippen molar-refractivity contribution in [1.29, 1.82) is 0 Å². The van der Waals surface area contributed by atoms with Gasteiger partial charge in [-0.15, -0.1) is 0 Å². The Kier molecular flexibility index (Phi) is 10.8. The van der Waals surface area contributed by atoms with E-state index < -0.39 is 31.0 Å². The Morgan fingerprint density at radius 1 is 0.927 bits per heavy atom. The summed E-state index contributed by atoms with van der Waals surface area (Å²) >= 11 is 0. The quantitative estimate of drug-likeness (QED) is 0.279. The standard InChI is InChI=1S/C31H34F3N3O4/c1-40-31(39)23-9-7-22(8-10-23)19-36-17-15-25(16-18-36)37(20-28(32)30(33)34)21-29(38)35-24-11-13-27(14-12-24)41-26-5-3-2-4-6-26/h2-14,25,28,30H,15-21H2,1H3,(H,35,38). The third-order valence-electron chi connectivity index (χ3n) is 7.00. The van der Waals surface area contributed by atoms with Crippen LogP contribution < -0.4 is 10.1 Å². The Bertz CT molecular complexity index is 1250. The van der Waals surface area contributed by atoms with Crippen LogP contribution in [0.4, 0.5) is 18.9 Å². The van der Waals surface area contributed by atoms with Gasteiger partial charge in [-0.05, 0) is 80.0 Å². The molecular weight excluding hydrogens is 535 g/mol. The van der Waals surface area contributed by atoms with Gasteiger partial charge >= 0.3 is 5.97 Å². The number of piperidine rings is 1. The van der Waals surface area contributed by atoms with E-state index in [1.165, 1.54) is 12.0 Å². The van der Waals surface area contributed by atoms with E-state index in [0.717, 1.165) is 5.56 Å². The molecule has 0 bridgehead atoms. The van der Waals surface area contributed by atoms with Crippen LogP contribution in [0.1, 0.15) is 28.8 Å². The molecule has 7 nitrogen and oxygen atoms in total. The van der Waals surface area contributed by atoms with E-state index >= 15 is 0 Å². The third-order valence-corrected chi connectivity index (χ3v) is 7.00. The van der Waals surface area contributed by atoms with Gasteiger partial charge in [0.1, 0.15) is 11.5 Å². The molecule has 0 radical (unpaired) electrons. The summed E-state index contributed by atoms with van der Waals surface area (Å²) < 4.78 is 50.8. The average Bonchev–Trinajstić information content (AvgIpc) is 2.98. The van der Waals surface area contributed by atoms with E-state index in [1.807, 2.05) is 42.5 Å². The van der Waals surface area contributed by atoms with Crippen molar-refractivity contribution in [2.24, 2.45) is 0 Å². The number of rotatable bonds is 12. The molecule has 1 fully saturated rings. The summed E-state index contributed by atoms with van der Waals surface area (Å²) in [5.74, 6) is 0.475. The van der Waals surface area contributed by atoms with Crippen LogP contribution in [-0.4, -0.2) is 73.6 Å². The second-order valence-electron chi connectivity index (χ2n) is 9.96. The van der Waals surface area contributed by atoms with Gasteiger partial charge in [-0.1, -0.05) is 30.3 Å². The Balaban J connectivity index is 1.31. The lowest BCUT2D eigenvalue weighted by molar-refractivity contribution is -0.118. The van der Waals surface area contributed by atoms with E-state index in [4.69, 9.17) is 9.47 Å². The van der Waals surface area contributed by atoms with Gasteiger partial charge < -0.3 is 14.8 Å². The van der Waals surface area contributed by atoms with Crippen molar-refractivity contribution in [3.05, 3.63) is 90.0 Å². The van der Waals surface area contributed by atoms with Crippen LogP contribution in [0.25, 0.3) is 0 Å². The number of ether oxygens (including phenoxy) is 2. The number of methoxy groups -OCH3 is 1. The number of likely N-dealkylation sites (tertiary alicyclic amines) is 1. The summed E-state index contributed by atoms with van der Waals surface area (Å²) in [6, 6.07) is 23.0. The van der Waals surface area contributed by atoms with E-state index in [9.17, 15) is 22.8 Å². The number of nitrogens with zero attached hydrogens (tertiary/aromatic N) is 2. The van der Waals surface area contributed by atoms with Gasteiger partial charge in [0.05, 0.1) is 19.2 Å². The topological polar surface area (TPSA) is 71.1 Å². The van der Waals surface area contributed by atoms with Gasteiger partial charge in [0.15, 0.2) is 6.17 Å². The van der Waals surface area contributed by atoms with Crippen molar-refractivity contribution in [3.8, 4) is 11.5 Å². The minimum Gasteiger partial charge on any atom is -0.465 e. The highest BCUT2D eigenvalue weighted by Gasteiger charge is 2.31. The smallest absolute Gasteiger partial charge is 0.337 e.